The second-order valence-corrected chi connectivity index (χ2v) is 10.3. The number of pyridine rings is 1. The van der Waals surface area contributed by atoms with Crippen molar-refractivity contribution in [3.63, 3.8) is 0 Å². The van der Waals surface area contributed by atoms with E-state index in [9.17, 15) is 0 Å². The molecule has 0 unspecified atom stereocenters. The first-order chi connectivity index (χ1) is 12.4. The number of hydrogen-bond acceptors (Lipinski definition) is 2. The van der Waals surface area contributed by atoms with Gasteiger partial charge in [-0.1, -0.05) is 91.3 Å². The fourth-order valence-corrected chi connectivity index (χ4v) is 5.02. The predicted molar refractivity (Wildman–Crippen MR) is 113 cm³/mol. The van der Waals surface area contributed by atoms with Crippen LogP contribution in [0.5, 0.6) is 0 Å². The summed E-state index contributed by atoms with van der Waals surface area (Å²) in [6.07, 6.45) is 1.80. The van der Waals surface area contributed by atoms with Crippen molar-refractivity contribution >= 4 is 35.3 Å². The summed E-state index contributed by atoms with van der Waals surface area (Å²) in [6, 6.07) is 23.3. The lowest BCUT2D eigenvalue weighted by atomic mass is 9.87. The number of benzene rings is 2. The lowest BCUT2D eigenvalue weighted by Crippen LogP contribution is -2.45. The SMILES string of the molecule is CC(C)(C)c1ccc([Si](OCc2cc(Br)ccn2)c2ccccc2)cc1. The number of rotatable bonds is 5. The second kappa shape index (κ2) is 8.29. The first-order valence-corrected chi connectivity index (χ1v) is 10.9. The van der Waals surface area contributed by atoms with Crippen LogP contribution in [0.4, 0.5) is 0 Å². The summed E-state index contributed by atoms with van der Waals surface area (Å²) in [4.78, 5) is 4.41. The van der Waals surface area contributed by atoms with Gasteiger partial charge in [-0.05, 0) is 33.5 Å². The molecule has 0 aliphatic carbocycles. The van der Waals surface area contributed by atoms with Crippen molar-refractivity contribution in [1.29, 1.82) is 0 Å². The van der Waals surface area contributed by atoms with Crippen molar-refractivity contribution in [2.45, 2.75) is 32.8 Å². The third kappa shape index (κ3) is 4.91. The topological polar surface area (TPSA) is 22.1 Å². The second-order valence-electron chi connectivity index (χ2n) is 7.28. The summed E-state index contributed by atoms with van der Waals surface area (Å²) in [6.45, 7) is 7.21. The molecule has 0 atom stereocenters. The maximum atomic E-state index is 6.40. The van der Waals surface area contributed by atoms with E-state index < -0.39 is 9.04 Å². The molecule has 1 aromatic heterocycles. The van der Waals surface area contributed by atoms with Gasteiger partial charge in [0, 0.05) is 10.7 Å². The first kappa shape index (κ1) is 19.0. The van der Waals surface area contributed by atoms with Crippen LogP contribution in [0.3, 0.4) is 0 Å². The Morgan fingerprint density at radius 1 is 0.923 bits per heavy atom. The summed E-state index contributed by atoms with van der Waals surface area (Å²) in [5, 5.41) is 2.50. The van der Waals surface area contributed by atoms with Crippen LogP contribution in [-0.2, 0) is 16.4 Å². The van der Waals surface area contributed by atoms with Gasteiger partial charge in [-0.2, -0.15) is 0 Å². The Morgan fingerprint density at radius 3 is 2.19 bits per heavy atom. The Labute approximate surface area is 166 Å². The van der Waals surface area contributed by atoms with Crippen molar-refractivity contribution in [1.82, 2.24) is 4.98 Å². The Morgan fingerprint density at radius 2 is 1.58 bits per heavy atom. The molecule has 2 nitrogen and oxygen atoms in total. The molecule has 0 bridgehead atoms. The smallest absolute Gasteiger partial charge is 0.283 e. The molecule has 2 aromatic carbocycles. The number of aromatic nitrogens is 1. The Balaban J connectivity index is 1.86. The summed E-state index contributed by atoms with van der Waals surface area (Å²) < 4.78 is 7.42. The monoisotopic (exact) mass is 424 g/mol. The summed E-state index contributed by atoms with van der Waals surface area (Å²) in [5.41, 5.74) is 2.42. The van der Waals surface area contributed by atoms with Crippen LogP contribution >= 0.6 is 15.9 Å². The highest BCUT2D eigenvalue weighted by Crippen LogP contribution is 2.20. The van der Waals surface area contributed by atoms with E-state index in [0.717, 1.165) is 10.2 Å². The maximum Gasteiger partial charge on any atom is 0.283 e. The Bertz CT molecular complexity index is 844. The van der Waals surface area contributed by atoms with Crippen molar-refractivity contribution in [2.75, 3.05) is 0 Å². The number of nitrogens with zero attached hydrogens (tertiary/aromatic N) is 1. The third-order valence-electron chi connectivity index (χ3n) is 4.19. The molecule has 0 fully saturated rings. The van der Waals surface area contributed by atoms with Crippen LogP contribution in [0, 0.1) is 0 Å². The van der Waals surface area contributed by atoms with Crippen LogP contribution in [0.25, 0.3) is 0 Å². The fraction of sp³-hybridized carbons (Fsp3) is 0.227. The molecule has 3 rings (SSSR count). The molecule has 0 saturated heterocycles. The molecule has 0 aliphatic heterocycles. The molecule has 26 heavy (non-hydrogen) atoms. The lowest BCUT2D eigenvalue weighted by molar-refractivity contribution is 0.316. The Hall–Kier alpha value is -1.75. The van der Waals surface area contributed by atoms with Crippen LogP contribution in [-0.4, -0.2) is 14.0 Å². The molecule has 3 aromatic rings. The summed E-state index contributed by atoms with van der Waals surface area (Å²) >= 11 is 3.50. The largest absolute Gasteiger partial charge is 0.401 e. The first-order valence-electron chi connectivity index (χ1n) is 8.70. The minimum atomic E-state index is -1.33. The highest BCUT2D eigenvalue weighted by molar-refractivity contribution is 9.10. The highest BCUT2D eigenvalue weighted by Gasteiger charge is 2.21. The van der Waals surface area contributed by atoms with Crippen molar-refractivity contribution < 1.29 is 4.43 Å². The van der Waals surface area contributed by atoms with Gasteiger partial charge < -0.3 is 4.43 Å². The van der Waals surface area contributed by atoms with E-state index in [0.29, 0.717) is 6.61 Å². The Kier molecular flexibility index (Phi) is 6.07. The van der Waals surface area contributed by atoms with Crippen molar-refractivity contribution in [2.24, 2.45) is 0 Å². The molecular weight excluding hydrogens is 402 g/mol. The average molecular weight is 425 g/mol. The molecule has 0 aliphatic rings. The normalized spacial score (nSPS) is 11.7. The highest BCUT2D eigenvalue weighted by atomic mass is 79.9. The molecule has 4 heteroatoms. The van der Waals surface area contributed by atoms with Gasteiger partial charge in [0.25, 0.3) is 9.04 Å². The van der Waals surface area contributed by atoms with Crippen LogP contribution in [0.2, 0.25) is 0 Å². The molecule has 1 heterocycles. The van der Waals surface area contributed by atoms with E-state index in [4.69, 9.17) is 4.43 Å². The molecule has 1 radical (unpaired) electrons. The third-order valence-corrected chi connectivity index (χ3v) is 6.83. The van der Waals surface area contributed by atoms with Gasteiger partial charge in [0.15, 0.2) is 0 Å². The number of hydrogen-bond donors (Lipinski definition) is 0. The van der Waals surface area contributed by atoms with Gasteiger partial charge >= 0.3 is 0 Å². The fourth-order valence-electron chi connectivity index (χ4n) is 2.72. The standard InChI is InChI=1S/C22H23BrNOSi/c1-22(2,3)17-9-11-21(12-10-17)26(20-7-5-4-6-8-20)25-16-19-15-18(23)13-14-24-19/h4-15H,16H2,1-3H3. The van der Waals surface area contributed by atoms with E-state index in [1.165, 1.54) is 15.9 Å². The minimum Gasteiger partial charge on any atom is -0.401 e. The molecule has 0 N–H and O–H groups in total. The van der Waals surface area contributed by atoms with Crippen molar-refractivity contribution in [3.05, 3.63) is 88.7 Å². The molecule has 0 amide bonds. The van der Waals surface area contributed by atoms with Gasteiger partial charge in [-0.3, -0.25) is 4.98 Å². The lowest BCUT2D eigenvalue weighted by Gasteiger charge is -2.21. The van der Waals surface area contributed by atoms with Gasteiger partial charge in [-0.15, -0.1) is 0 Å². The van der Waals surface area contributed by atoms with E-state index in [2.05, 4.69) is 90.2 Å². The molecule has 0 saturated carbocycles. The quantitative estimate of drug-likeness (QED) is 0.563. The average Bonchev–Trinajstić information content (AvgIpc) is 2.63. The zero-order chi connectivity index (χ0) is 18.6. The zero-order valence-corrected chi connectivity index (χ0v) is 18.0. The minimum absolute atomic E-state index is 0.152. The zero-order valence-electron chi connectivity index (χ0n) is 15.4. The predicted octanol–water partition coefficient (Wildman–Crippen LogP) is 4.46. The van der Waals surface area contributed by atoms with Gasteiger partial charge in [0.05, 0.1) is 12.3 Å². The van der Waals surface area contributed by atoms with E-state index >= 15 is 0 Å². The van der Waals surface area contributed by atoms with Crippen LogP contribution in [0.15, 0.2) is 77.4 Å². The summed E-state index contributed by atoms with van der Waals surface area (Å²) in [5.74, 6) is 0. The number of halogens is 1. The van der Waals surface area contributed by atoms with E-state index in [1.54, 1.807) is 6.20 Å². The molecule has 0 spiro atoms. The maximum absolute atomic E-state index is 6.40. The molecular formula is C22H23BrNOSi. The van der Waals surface area contributed by atoms with Gasteiger partial charge in [-0.25, -0.2) is 0 Å². The van der Waals surface area contributed by atoms with E-state index in [-0.39, 0.29) is 5.41 Å². The van der Waals surface area contributed by atoms with Gasteiger partial charge in [0.2, 0.25) is 0 Å². The molecule has 133 valence electrons. The summed E-state index contributed by atoms with van der Waals surface area (Å²) in [7, 11) is -1.33. The van der Waals surface area contributed by atoms with E-state index in [1.807, 2.05) is 18.2 Å². The van der Waals surface area contributed by atoms with Gasteiger partial charge in [0.1, 0.15) is 0 Å². The van der Waals surface area contributed by atoms with Crippen LogP contribution < -0.4 is 10.4 Å². The van der Waals surface area contributed by atoms with Crippen molar-refractivity contribution in [3.8, 4) is 0 Å². The van der Waals surface area contributed by atoms with Crippen LogP contribution in [0.1, 0.15) is 32.0 Å².